The van der Waals surface area contributed by atoms with Crippen molar-refractivity contribution in [2.45, 2.75) is 6.42 Å². The molecule has 1 unspecified atom stereocenters. The number of para-hydroxylation sites is 2. The first-order chi connectivity index (χ1) is 10.1. The molecule has 1 N–H and O–H groups in total. The first kappa shape index (κ1) is 15.2. The summed E-state index contributed by atoms with van der Waals surface area (Å²) >= 11 is 0. The summed E-state index contributed by atoms with van der Waals surface area (Å²) < 4.78 is 10.6. The fourth-order valence-corrected chi connectivity index (χ4v) is 2.28. The van der Waals surface area contributed by atoms with Crippen LogP contribution in [0.1, 0.15) is 6.42 Å². The quantitative estimate of drug-likeness (QED) is 0.837. The normalized spacial score (nSPS) is 17.7. The number of carbonyl (C=O) groups excluding carboxylic acids is 2. The van der Waals surface area contributed by atoms with Crippen LogP contribution in [-0.2, 0) is 9.59 Å². The number of carbonyl (C=O) groups is 2. The minimum absolute atomic E-state index is 0.0725. The van der Waals surface area contributed by atoms with Gasteiger partial charge in [0, 0.05) is 32.5 Å². The zero-order valence-electron chi connectivity index (χ0n) is 12.3. The van der Waals surface area contributed by atoms with E-state index >= 15 is 0 Å². The van der Waals surface area contributed by atoms with E-state index in [0.717, 1.165) is 0 Å². The number of likely N-dealkylation sites (tertiary alicyclic amines) is 1. The van der Waals surface area contributed by atoms with E-state index in [1.54, 1.807) is 31.2 Å². The number of nitrogens with zero attached hydrogens (tertiary/aromatic N) is 1. The summed E-state index contributed by atoms with van der Waals surface area (Å²) in [6.45, 7) is 1.10. The summed E-state index contributed by atoms with van der Waals surface area (Å²) in [5.41, 5.74) is 0. The van der Waals surface area contributed by atoms with E-state index < -0.39 is 0 Å². The maximum atomic E-state index is 11.8. The molecular formula is C15H20N2O4. The molecule has 0 aromatic heterocycles. The predicted octanol–water partition coefficient (Wildman–Crippen LogP) is 0.668. The van der Waals surface area contributed by atoms with Crippen molar-refractivity contribution in [2.75, 3.05) is 33.9 Å². The van der Waals surface area contributed by atoms with Gasteiger partial charge in [-0.1, -0.05) is 12.1 Å². The molecule has 1 fully saturated rings. The number of benzene rings is 1. The van der Waals surface area contributed by atoms with E-state index in [9.17, 15) is 9.59 Å². The number of hydrogen-bond acceptors (Lipinski definition) is 4. The van der Waals surface area contributed by atoms with Gasteiger partial charge in [0.25, 0.3) is 5.91 Å². The van der Waals surface area contributed by atoms with Gasteiger partial charge in [-0.3, -0.25) is 9.59 Å². The first-order valence-corrected chi connectivity index (χ1v) is 6.86. The number of nitrogens with one attached hydrogen (secondary N) is 1. The molecule has 1 aromatic carbocycles. The van der Waals surface area contributed by atoms with Gasteiger partial charge in [0.05, 0.1) is 7.11 Å². The number of ether oxygens (including phenoxy) is 2. The maximum Gasteiger partial charge on any atom is 0.257 e. The van der Waals surface area contributed by atoms with E-state index in [2.05, 4.69) is 5.32 Å². The van der Waals surface area contributed by atoms with Crippen LogP contribution in [0.2, 0.25) is 0 Å². The van der Waals surface area contributed by atoms with Crippen LogP contribution in [-0.4, -0.2) is 50.6 Å². The van der Waals surface area contributed by atoms with Crippen LogP contribution in [0.25, 0.3) is 0 Å². The van der Waals surface area contributed by atoms with E-state index in [1.807, 2.05) is 12.1 Å². The second kappa shape index (κ2) is 6.97. The average Bonchev–Trinajstić information content (AvgIpc) is 2.82. The Hall–Kier alpha value is -2.24. The summed E-state index contributed by atoms with van der Waals surface area (Å²) in [7, 11) is 3.32. The molecule has 1 atom stereocenters. The molecule has 1 aliphatic heterocycles. The summed E-state index contributed by atoms with van der Waals surface area (Å²) in [5.74, 6) is 1.22. The van der Waals surface area contributed by atoms with Crippen LogP contribution in [0.5, 0.6) is 11.5 Å². The van der Waals surface area contributed by atoms with Crippen LogP contribution in [0, 0.1) is 5.92 Å². The van der Waals surface area contributed by atoms with E-state index in [4.69, 9.17) is 9.47 Å². The molecule has 0 spiro atoms. The molecule has 0 bridgehead atoms. The number of hydrogen-bond donors (Lipinski definition) is 1. The molecule has 0 radical (unpaired) electrons. The molecule has 6 nitrogen and oxygen atoms in total. The van der Waals surface area contributed by atoms with Crippen molar-refractivity contribution in [3.8, 4) is 11.5 Å². The van der Waals surface area contributed by atoms with Crippen molar-refractivity contribution in [3.63, 3.8) is 0 Å². The Morgan fingerprint density at radius 1 is 1.38 bits per heavy atom. The Labute approximate surface area is 124 Å². The highest BCUT2D eigenvalue weighted by molar-refractivity contribution is 5.79. The van der Waals surface area contributed by atoms with Gasteiger partial charge in [-0.05, 0) is 12.1 Å². The van der Waals surface area contributed by atoms with Gasteiger partial charge >= 0.3 is 0 Å². The lowest BCUT2D eigenvalue weighted by Crippen LogP contribution is -2.33. The Balaban J connectivity index is 1.74. The van der Waals surface area contributed by atoms with Gasteiger partial charge in [-0.15, -0.1) is 0 Å². The van der Waals surface area contributed by atoms with Gasteiger partial charge < -0.3 is 19.7 Å². The molecule has 6 heteroatoms. The fraction of sp³-hybridized carbons (Fsp3) is 0.467. The Morgan fingerprint density at radius 3 is 2.71 bits per heavy atom. The van der Waals surface area contributed by atoms with Crippen molar-refractivity contribution >= 4 is 11.8 Å². The van der Waals surface area contributed by atoms with Crippen molar-refractivity contribution in [1.82, 2.24) is 10.2 Å². The molecule has 1 heterocycles. The predicted molar refractivity (Wildman–Crippen MR) is 77.2 cm³/mol. The lowest BCUT2D eigenvalue weighted by molar-refractivity contribution is -0.126. The Morgan fingerprint density at radius 2 is 2.10 bits per heavy atom. The minimum atomic E-state index is -0.206. The molecule has 2 amide bonds. The number of amides is 2. The molecule has 0 saturated carbocycles. The lowest BCUT2D eigenvalue weighted by atomic mass is 10.1. The number of methoxy groups -OCH3 is 1. The van der Waals surface area contributed by atoms with Crippen LogP contribution in [0.15, 0.2) is 24.3 Å². The third-order valence-electron chi connectivity index (χ3n) is 3.44. The van der Waals surface area contributed by atoms with Crippen molar-refractivity contribution in [3.05, 3.63) is 24.3 Å². The molecule has 114 valence electrons. The van der Waals surface area contributed by atoms with E-state index in [0.29, 0.717) is 31.0 Å². The summed E-state index contributed by atoms with van der Waals surface area (Å²) in [6, 6.07) is 7.17. The molecule has 1 aliphatic rings. The zero-order valence-corrected chi connectivity index (χ0v) is 12.3. The minimum Gasteiger partial charge on any atom is -0.493 e. The highest BCUT2D eigenvalue weighted by Crippen LogP contribution is 2.25. The van der Waals surface area contributed by atoms with Crippen LogP contribution in [0.4, 0.5) is 0 Å². The summed E-state index contributed by atoms with van der Waals surface area (Å²) in [6.07, 6.45) is 0.490. The monoisotopic (exact) mass is 292 g/mol. The molecule has 1 aromatic rings. The highest BCUT2D eigenvalue weighted by atomic mass is 16.5. The van der Waals surface area contributed by atoms with E-state index in [1.165, 1.54) is 0 Å². The van der Waals surface area contributed by atoms with Crippen LogP contribution >= 0.6 is 0 Å². The van der Waals surface area contributed by atoms with Gasteiger partial charge in [0.15, 0.2) is 18.1 Å². The molecule has 21 heavy (non-hydrogen) atoms. The fourth-order valence-electron chi connectivity index (χ4n) is 2.28. The third kappa shape index (κ3) is 4.11. The highest BCUT2D eigenvalue weighted by Gasteiger charge is 2.26. The van der Waals surface area contributed by atoms with Gasteiger partial charge in [0.1, 0.15) is 0 Å². The smallest absolute Gasteiger partial charge is 0.257 e. The Kier molecular flexibility index (Phi) is 5.03. The van der Waals surface area contributed by atoms with Gasteiger partial charge in [0.2, 0.25) is 5.91 Å². The third-order valence-corrected chi connectivity index (χ3v) is 3.44. The SMILES string of the molecule is COc1ccccc1OCC(=O)NCC1CC(=O)N(C)C1. The van der Waals surface area contributed by atoms with Crippen LogP contribution < -0.4 is 14.8 Å². The standard InChI is InChI=1S/C15H20N2O4/c1-17-9-11(7-15(17)19)8-16-14(18)10-21-13-6-4-3-5-12(13)20-2/h3-6,11H,7-10H2,1-2H3,(H,16,18). The topological polar surface area (TPSA) is 67.9 Å². The Bertz CT molecular complexity index is 518. The second-order valence-corrected chi connectivity index (χ2v) is 5.09. The average molecular weight is 292 g/mol. The van der Waals surface area contributed by atoms with Gasteiger partial charge in [-0.2, -0.15) is 0 Å². The molecular weight excluding hydrogens is 272 g/mol. The largest absolute Gasteiger partial charge is 0.493 e. The van der Waals surface area contributed by atoms with Crippen molar-refractivity contribution < 1.29 is 19.1 Å². The van der Waals surface area contributed by atoms with Crippen molar-refractivity contribution in [2.24, 2.45) is 5.92 Å². The molecule has 1 saturated heterocycles. The lowest BCUT2D eigenvalue weighted by Gasteiger charge is -2.13. The van der Waals surface area contributed by atoms with Crippen molar-refractivity contribution in [1.29, 1.82) is 0 Å². The second-order valence-electron chi connectivity index (χ2n) is 5.09. The number of rotatable bonds is 6. The van der Waals surface area contributed by atoms with E-state index in [-0.39, 0.29) is 24.3 Å². The van der Waals surface area contributed by atoms with Crippen LogP contribution in [0.3, 0.4) is 0 Å². The molecule has 0 aliphatic carbocycles. The summed E-state index contributed by atoms with van der Waals surface area (Å²) in [5, 5.41) is 2.79. The van der Waals surface area contributed by atoms with Gasteiger partial charge in [-0.25, -0.2) is 0 Å². The maximum absolute atomic E-state index is 11.8. The zero-order chi connectivity index (χ0) is 15.2. The molecule has 2 rings (SSSR count). The summed E-state index contributed by atoms with van der Waals surface area (Å²) in [4.78, 5) is 24.8. The first-order valence-electron chi connectivity index (χ1n) is 6.86.